The third kappa shape index (κ3) is 4.39. The van der Waals surface area contributed by atoms with Crippen molar-refractivity contribution in [3.05, 3.63) is 58.9 Å². The number of amides is 1. The van der Waals surface area contributed by atoms with E-state index in [0.29, 0.717) is 49.0 Å². The number of aliphatic hydroxyl groups excluding tert-OH is 1. The molecule has 32 heavy (non-hydrogen) atoms. The highest BCUT2D eigenvalue weighted by atomic mass is 16.5. The Labute approximate surface area is 186 Å². The van der Waals surface area contributed by atoms with E-state index in [1.54, 1.807) is 38.2 Å². The van der Waals surface area contributed by atoms with E-state index in [0.717, 1.165) is 19.6 Å². The predicted molar refractivity (Wildman–Crippen MR) is 117 cm³/mol. The van der Waals surface area contributed by atoms with Crippen LogP contribution in [0.2, 0.25) is 0 Å². The molecule has 1 unspecified atom stereocenters. The molecule has 1 N–H and O–H groups in total. The first kappa shape index (κ1) is 22.0. The Hall–Kier alpha value is -3.17. The number of carbonyl (C=O) groups is 2. The molecule has 4 rings (SSSR count). The molecule has 0 aliphatic carbocycles. The van der Waals surface area contributed by atoms with Crippen LogP contribution in [0.25, 0.3) is 5.76 Å². The van der Waals surface area contributed by atoms with Crippen LogP contribution in [0.5, 0.6) is 0 Å². The average Bonchev–Trinajstić information content (AvgIpc) is 3.05. The van der Waals surface area contributed by atoms with E-state index in [-0.39, 0.29) is 11.3 Å². The number of aryl methyl sites for hydroxylation is 2. The molecule has 9 nitrogen and oxygen atoms in total. The van der Waals surface area contributed by atoms with Gasteiger partial charge in [0, 0.05) is 38.6 Å². The van der Waals surface area contributed by atoms with Crippen LogP contribution in [0.15, 0.2) is 36.2 Å². The number of Topliss-reactive ketones (excluding diaryl/α,β-unsaturated/α-hetero) is 1. The summed E-state index contributed by atoms with van der Waals surface area (Å²) < 4.78 is 5.38. The Morgan fingerprint density at radius 1 is 1.16 bits per heavy atom. The third-order valence-corrected chi connectivity index (χ3v) is 5.84. The number of morpholine rings is 1. The lowest BCUT2D eigenvalue weighted by Crippen LogP contribution is -2.39. The van der Waals surface area contributed by atoms with Gasteiger partial charge < -0.3 is 14.7 Å². The molecule has 0 spiro atoms. The number of hydrogen-bond acceptors (Lipinski definition) is 8. The number of hydrogen-bond donors (Lipinski definition) is 1. The van der Waals surface area contributed by atoms with Gasteiger partial charge in [0.25, 0.3) is 11.7 Å². The van der Waals surface area contributed by atoms with Crippen LogP contribution in [-0.4, -0.2) is 80.9 Å². The van der Waals surface area contributed by atoms with E-state index >= 15 is 0 Å². The topological polar surface area (TPSA) is 109 Å². The number of ether oxygens (including phenoxy) is 1. The number of carbonyl (C=O) groups excluding carboxylic acids is 2. The highest BCUT2D eigenvalue weighted by molar-refractivity contribution is 6.46. The molecule has 4 heterocycles. The maximum Gasteiger partial charge on any atom is 0.295 e. The lowest BCUT2D eigenvalue weighted by atomic mass is 9.98. The van der Waals surface area contributed by atoms with Gasteiger partial charge in [0.05, 0.1) is 35.7 Å². The molecule has 1 atom stereocenters. The number of aliphatic hydroxyl groups is 1. The van der Waals surface area contributed by atoms with Crippen LogP contribution in [0.4, 0.5) is 0 Å². The maximum absolute atomic E-state index is 13.1. The van der Waals surface area contributed by atoms with Gasteiger partial charge in [-0.3, -0.25) is 19.5 Å². The van der Waals surface area contributed by atoms with Gasteiger partial charge in [-0.2, -0.15) is 0 Å². The highest BCUT2D eigenvalue weighted by Gasteiger charge is 2.46. The Morgan fingerprint density at radius 2 is 1.94 bits per heavy atom. The van der Waals surface area contributed by atoms with Gasteiger partial charge in [-0.1, -0.05) is 6.07 Å². The summed E-state index contributed by atoms with van der Waals surface area (Å²) in [4.78, 5) is 42.7. The number of nitrogens with zero attached hydrogens (tertiary/aromatic N) is 5. The number of rotatable bonds is 6. The molecular formula is C23H27N5O4. The summed E-state index contributed by atoms with van der Waals surface area (Å²) in [6.45, 7) is 7.78. The molecular weight excluding hydrogens is 410 g/mol. The zero-order chi connectivity index (χ0) is 22.7. The number of likely N-dealkylation sites (tertiary alicyclic amines) is 1. The first-order chi connectivity index (χ1) is 15.5. The zero-order valence-corrected chi connectivity index (χ0v) is 18.3. The SMILES string of the molecule is Cc1ncc(C(O)=C2C(=O)C(=O)N(CCCN3CCOCC3)C2c2ccccn2)c(C)n1. The molecule has 2 aliphatic rings. The van der Waals surface area contributed by atoms with Gasteiger partial charge in [0.1, 0.15) is 17.6 Å². The highest BCUT2D eigenvalue weighted by Crippen LogP contribution is 2.38. The Morgan fingerprint density at radius 3 is 2.62 bits per heavy atom. The number of pyridine rings is 1. The van der Waals surface area contributed by atoms with Crippen LogP contribution < -0.4 is 0 Å². The minimum atomic E-state index is -0.762. The average molecular weight is 438 g/mol. The van der Waals surface area contributed by atoms with Crippen LogP contribution in [0, 0.1) is 13.8 Å². The van der Waals surface area contributed by atoms with Gasteiger partial charge >= 0.3 is 0 Å². The fourth-order valence-corrected chi connectivity index (χ4v) is 4.21. The summed E-state index contributed by atoms with van der Waals surface area (Å²) in [5.74, 6) is -1.06. The molecule has 0 radical (unpaired) electrons. The van der Waals surface area contributed by atoms with Crippen molar-refractivity contribution in [1.29, 1.82) is 0 Å². The summed E-state index contributed by atoms with van der Waals surface area (Å²) >= 11 is 0. The van der Waals surface area contributed by atoms with Crippen LogP contribution >= 0.6 is 0 Å². The summed E-state index contributed by atoms with van der Waals surface area (Å²) in [7, 11) is 0. The normalized spacial score (nSPS) is 21.3. The summed E-state index contributed by atoms with van der Waals surface area (Å²) in [5, 5.41) is 11.1. The minimum Gasteiger partial charge on any atom is -0.507 e. The van der Waals surface area contributed by atoms with Gasteiger partial charge in [0.15, 0.2) is 0 Å². The van der Waals surface area contributed by atoms with E-state index in [1.165, 1.54) is 11.1 Å². The third-order valence-electron chi connectivity index (χ3n) is 5.84. The fourth-order valence-electron chi connectivity index (χ4n) is 4.21. The molecule has 0 bridgehead atoms. The Balaban J connectivity index is 1.67. The monoisotopic (exact) mass is 437 g/mol. The Kier molecular flexibility index (Phi) is 6.57. The zero-order valence-electron chi connectivity index (χ0n) is 18.3. The van der Waals surface area contributed by atoms with Crippen molar-refractivity contribution in [3.8, 4) is 0 Å². The molecule has 168 valence electrons. The van der Waals surface area contributed by atoms with Crippen molar-refractivity contribution in [2.75, 3.05) is 39.4 Å². The van der Waals surface area contributed by atoms with E-state index in [9.17, 15) is 14.7 Å². The molecule has 1 amide bonds. The summed E-state index contributed by atoms with van der Waals surface area (Å²) in [5.41, 5.74) is 1.43. The molecule has 2 saturated heterocycles. The minimum absolute atomic E-state index is 0.0237. The molecule has 0 aromatic carbocycles. The first-order valence-electron chi connectivity index (χ1n) is 10.8. The molecule has 0 saturated carbocycles. The fraction of sp³-hybridized carbons (Fsp3) is 0.435. The van der Waals surface area contributed by atoms with Gasteiger partial charge in [-0.25, -0.2) is 9.97 Å². The molecule has 9 heteroatoms. The van der Waals surface area contributed by atoms with Crippen molar-refractivity contribution in [3.63, 3.8) is 0 Å². The van der Waals surface area contributed by atoms with Crippen molar-refractivity contribution < 1.29 is 19.4 Å². The summed E-state index contributed by atoms with van der Waals surface area (Å²) in [6, 6.07) is 4.57. The van der Waals surface area contributed by atoms with E-state index in [2.05, 4.69) is 19.9 Å². The van der Waals surface area contributed by atoms with Gasteiger partial charge in [0.2, 0.25) is 0 Å². The molecule has 2 fully saturated rings. The quantitative estimate of drug-likeness (QED) is 0.413. The molecule has 2 aliphatic heterocycles. The lowest BCUT2D eigenvalue weighted by Gasteiger charge is -2.28. The van der Waals surface area contributed by atoms with Crippen molar-refractivity contribution in [2.45, 2.75) is 26.3 Å². The van der Waals surface area contributed by atoms with Gasteiger partial charge in [-0.15, -0.1) is 0 Å². The second kappa shape index (κ2) is 9.54. The molecule has 2 aromatic rings. The van der Waals surface area contributed by atoms with Crippen molar-refractivity contribution in [1.82, 2.24) is 24.8 Å². The Bertz CT molecular complexity index is 1030. The van der Waals surface area contributed by atoms with E-state index in [4.69, 9.17) is 4.74 Å². The maximum atomic E-state index is 13.1. The lowest BCUT2D eigenvalue weighted by molar-refractivity contribution is -0.140. The van der Waals surface area contributed by atoms with E-state index in [1.807, 2.05) is 0 Å². The van der Waals surface area contributed by atoms with Crippen molar-refractivity contribution >= 4 is 17.4 Å². The van der Waals surface area contributed by atoms with Crippen LogP contribution in [-0.2, 0) is 14.3 Å². The van der Waals surface area contributed by atoms with Crippen molar-refractivity contribution in [2.24, 2.45) is 0 Å². The predicted octanol–water partition coefficient (Wildman–Crippen LogP) is 1.63. The van der Waals surface area contributed by atoms with Crippen LogP contribution in [0.3, 0.4) is 0 Å². The summed E-state index contributed by atoms with van der Waals surface area (Å²) in [6.07, 6.45) is 3.79. The standard InChI is InChI=1S/C23H27N5O4/c1-15-17(14-25-16(2)26-15)21(29)19-20(18-6-3-4-7-24-18)28(23(31)22(19)30)9-5-8-27-10-12-32-13-11-27/h3-4,6-7,14,20,29H,5,8-13H2,1-2H3. The number of aromatic nitrogens is 3. The van der Waals surface area contributed by atoms with Gasteiger partial charge in [-0.05, 0) is 32.4 Å². The molecule has 2 aromatic heterocycles. The smallest absolute Gasteiger partial charge is 0.295 e. The largest absolute Gasteiger partial charge is 0.507 e. The van der Waals surface area contributed by atoms with E-state index < -0.39 is 17.7 Å². The second-order valence-corrected chi connectivity index (χ2v) is 7.97. The van der Waals surface area contributed by atoms with Crippen LogP contribution in [0.1, 0.15) is 35.2 Å². The first-order valence-corrected chi connectivity index (χ1v) is 10.8. The number of ketones is 1. The second-order valence-electron chi connectivity index (χ2n) is 7.97.